The molecule has 2 aromatic rings. The first-order valence-corrected chi connectivity index (χ1v) is 4.99. The van der Waals surface area contributed by atoms with Gasteiger partial charge in [-0.3, -0.25) is 4.39 Å². The lowest BCUT2D eigenvalue weighted by Crippen LogP contribution is -2.04. The number of aryl methyl sites for hydroxylation is 1. The molecule has 2 rings (SSSR count). The van der Waals surface area contributed by atoms with Crippen LogP contribution in [-0.4, -0.2) is 11.2 Å². The smallest absolute Gasteiger partial charge is 0.350 e. The molecule has 1 nitrogen and oxygen atoms in total. The van der Waals surface area contributed by atoms with Gasteiger partial charge in [0, 0.05) is 30.6 Å². The lowest BCUT2D eigenvalue weighted by molar-refractivity contribution is -0.137. The molecule has 0 fully saturated rings. The quantitative estimate of drug-likeness (QED) is 0.709. The Morgan fingerprint density at radius 3 is 2.59 bits per heavy atom. The van der Waals surface area contributed by atoms with Crippen LogP contribution in [0.5, 0.6) is 0 Å². The summed E-state index contributed by atoms with van der Waals surface area (Å²) in [5.41, 5.74) is 0.358. The van der Waals surface area contributed by atoms with Crippen LogP contribution in [0.1, 0.15) is 11.1 Å². The normalized spacial score (nSPS) is 12.3. The lowest BCUT2D eigenvalue weighted by atomic mass is 10.1. The molecule has 0 N–H and O–H groups in total. The highest BCUT2D eigenvalue weighted by Crippen LogP contribution is 2.32. The molecule has 91 valence electrons. The molecule has 0 saturated carbocycles. The van der Waals surface area contributed by atoms with Crippen LogP contribution in [0.4, 0.5) is 17.6 Å². The van der Waals surface area contributed by atoms with E-state index in [1.807, 2.05) is 0 Å². The van der Waals surface area contributed by atoms with Gasteiger partial charge < -0.3 is 4.57 Å². The third-order valence-corrected chi connectivity index (χ3v) is 2.65. The van der Waals surface area contributed by atoms with Crippen molar-refractivity contribution in [1.29, 1.82) is 0 Å². The molecular formula is C12H10F4N. The first kappa shape index (κ1) is 12.0. The summed E-state index contributed by atoms with van der Waals surface area (Å²) in [6.45, 7) is -0.639. The fourth-order valence-electron chi connectivity index (χ4n) is 1.84. The van der Waals surface area contributed by atoms with E-state index < -0.39 is 18.4 Å². The van der Waals surface area contributed by atoms with Crippen molar-refractivity contribution in [2.24, 2.45) is 7.05 Å². The molecule has 0 amide bonds. The van der Waals surface area contributed by atoms with Crippen LogP contribution in [-0.2, 0) is 13.2 Å². The maximum Gasteiger partial charge on any atom is 0.416 e. The molecule has 17 heavy (non-hydrogen) atoms. The Balaban J connectivity index is 2.59. The summed E-state index contributed by atoms with van der Waals surface area (Å²) in [5, 5.41) is 0.623. The summed E-state index contributed by atoms with van der Waals surface area (Å²) in [6, 6.07) is 3.46. The van der Waals surface area contributed by atoms with Gasteiger partial charge in [0.15, 0.2) is 0 Å². The number of fused-ring (bicyclic) bond motifs is 1. The molecule has 0 spiro atoms. The fourth-order valence-corrected chi connectivity index (χ4v) is 1.84. The van der Waals surface area contributed by atoms with Gasteiger partial charge in [0.25, 0.3) is 0 Å². The standard InChI is InChI=1S/C12H10F4N/c1-17-7-8(4-5-13)10-3-2-9(6-11(10)17)12(14,15)16/h2-4,6-7H,5H2,1H3. The van der Waals surface area contributed by atoms with Crippen molar-refractivity contribution in [2.75, 3.05) is 6.67 Å². The molecule has 1 aromatic carbocycles. The summed E-state index contributed by atoms with van der Waals surface area (Å²) in [7, 11) is 1.64. The van der Waals surface area contributed by atoms with Crippen LogP contribution >= 0.6 is 0 Å². The molecule has 5 heteroatoms. The number of hydrogen-bond acceptors (Lipinski definition) is 0. The van der Waals surface area contributed by atoms with E-state index in [9.17, 15) is 17.6 Å². The number of nitrogens with zero attached hydrogens (tertiary/aromatic N) is 1. The van der Waals surface area contributed by atoms with Gasteiger partial charge in [0.2, 0.25) is 0 Å². The van der Waals surface area contributed by atoms with Crippen molar-refractivity contribution >= 4 is 10.9 Å². The maximum atomic E-state index is 12.5. The maximum absolute atomic E-state index is 12.5. The van der Waals surface area contributed by atoms with Gasteiger partial charge in [0.1, 0.15) is 0 Å². The third kappa shape index (κ3) is 2.14. The summed E-state index contributed by atoms with van der Waals surface area (Å²) in [4.78, 5) is 0. The molecule has 0 unspecified atom stereocenters. The van der Waals surface area contributed by atoms with E-state index in [0.717, 1.165) is 12.1 Å². The minimum atomic E-state index is -4.36. The minimum Gasteiger partial charge on any atom is -0.350 e. The Kier molecular flexibility index (Phi) is 2.85. The van der Waals surface area contributed by atoms with Gasteiger partial charge in [-0.05, 0) is 17.7 Å². The van der Waals surface area contributed by atoms with E-state index in [0.29, 0.717) is 16.5 Å². The van der Waals surface area contributed by atoms with Crippen LogP contribution in [0.2, 0.25) is 0 Å². The topological polar surface area (TPSA) is 4.93 Å². The number of aromatic nitrogens is 1. The number of rotatable bonds is 2. The summed E-state index contributed by atoms with van der Waals surface area (Å²) in [5.74, 6) is 0. The van der Waals surface area contributed by atoms with Crippen LogP contribution < -0.4 is 0 Å². The predicted molar refractivity (Wildman–Crippen MR) is 57.3 cm³/mol. The van der Waals surface area contributed by atoms with Crippen LogP contribution in [0, 0.1) is 6.42 Å². The van der Waals surface area contributed by atoms with Crippen molar-refractivity contribution in [3.8, 4) is 0 Å². The Labute approximate surface area is 95.7 Å². The number of benzene rings is 1. The van der Waals surface area contributed by atoms with Gasteiger partial charge in [-0.25, -0.2) is 0 Å². The summed E-state index contributed by atoms with van der Waals surface area (Å²) < 4.78 is 51.4. The highest BCUT2D eigenvalue weighted by Gasteiger charge is 2.30. The second kappa shape index (κ2) is 4.05. The minimum absolute atomic E-state index is 0.444. The van der Waals surface area contributed by atoms with E-state index >= 15 is 0 Å². The summed E-state index contributed by atoms with van der Waals surface area (Å²) >= 11 is 0. The fraction of sp³-hybridized carbons (Fsp3) is 0.250. The van der Waals surface area contributed by atoms with Gasteiger partial charge in [-0.2, -0.15) is 13.2 Å². The van der Waals surface area contributed by atoms with E-state index in [1.165, 1.54) is 12.5 Å². The molecular weight excluding hydrogens is 234 g/mol. The Bertz CT molecular complexity index is 539. The highest BCUT2D eigenvalue weighted by molar-refractivity contribution is 5.85. The monoisotopic (exact) mass is 244 g/mol. The first-order valence-electron chi connectivity index (χ1n) is 4.99. The Morgan fingerprint density at radius 2 is 2.00 bits per heavy atom. The van der Waals surface area contributed by atoms with Crippen LogP contribution in [0.3, 0.4) is 0 Å². The zero-order chi connectivity index (χ0) is 12.6. The zero-order valence-electron chi connectivity index (χ0n) is 9.05. The molecule has 1 aromatic heterocycles. The number of halogens is 4. The van der Waals surface area contributed by atoms with Crippen LogP contribution in [0.15, 0.2) is 24.4 Å². The molecule has 0 atom stereocenters. The summed E-state index contributed by atoms with van der Waals surface area (Å²) in [6.07, 6.45) is -1.40. The highest BCUT2D eigenvalue weighted by atomic mass is 19.4. The van der Waals surface area contributed by atoms with E-state index in [2.05, 4.69) is 0 Å². The van der Waals surface area contributed by atoms with Crippen molar-refractivity contribution in [3.63, 3.8) is 0 Å². The first-order chi connectivity index (χ1) is 7.93. The lowest BCUT2D eigenvalue weighted by Gasteiger charge is -2.07. The average Bonchev–Trinajstić information content (AvgIpc) is 2.55. The second-order valence-corrected chi connectivity index (χ2v) is 3.78. The molecule has 1 heterocycles. The van der Waals surface area contributed by atoms with E-state index in [1.54, 1.807) is 17.8 Å². The van der Waals surface area contributed by atoms with Crippen molar-refractivity contribution < 1.29 is 17.6 Å². The van der Waals surface area contributed by atoms with E-state index in [4.69, 9.17) is 0 Å². The van der Waals surface area contributed by atoms with Gasteiger partial charge in [0.05, 0.1) is 12.2 Å². The number of alkyl halides is 4. The Morgan fingerprint density at radius 1 is 1.29 bits per heavy atom. The molecule has 0 aliphatic heterocycles. The van der Waals surface area contributed by atoms with Gasteiger partial charge >= 0.3 is 6.18 Å². The van der Waals surface area contributed by atoms with E-state index in [-0.39, 0.29) is 0 Å². The zero-order valence-corrected chi connectivity index (χ0v) is 9.05. The van der Waals surface area contributed by atoms with Crippen molar-refractivity contribution in [1.82, 2.24) is 4.57 Å². The van der Waals surface area contributed by atoms with Crippen molar-refractivity contribution in [2.45, 2.75) is 6.18 Å². The molecule has 0 bridgehead atoms. The van der Waals surface area contributed by atoms with Gasteiger partial charge in [-0.15, -0.1) is 0 Å². The molecule has 1 radical (unpaired) electrons. The second-order valence-electron chi connectivity index (χ2n) is 3.78. The third-order valence-electron chi connectivity index (χ3n) is 2.65. The number of hydrogen-bond donors (Lipinski definition) is 0. The van der Waals surface area contributed by atoms with Crippen LogP contribution in [0.25, 0.3) is 10.9 Å². The molecule has 0 saturated heterocycles. The Hall–Kier alpha value is -1.52. The largest absolute Gasteiger partial charge is 0.416 e. The molecule has 0 aliphatic rings. The predicted octanol–water partition coefficient (Wildman–Crippen LogP) is 3.72. The average molecular weight is 244 g/mol. The van der Waals surface area contributed by atoms with Crippen molar-refractivity contribution in [3.05, 3.63) is 41.9 Å². The SMILES string of the molecule is Cn1cc([CH]CF)c2ccc(C(F)(F)F)cc21. The van der Waals surface area contributed by atoms with Gasteiger partial charge in [-0.1, -0.05) is 6.07 Å². The molecule has 0 aliphatic carbocycles.